The molecular weight excluding hydrogens is 441 g/mol. The summed E-state index contributed by atoms with van der Waals surface area (Å²) in [6.45, 7) is 2.86. The largest absolute Gasteiger partial charge is 0.503 e. The van der Waals surface area contributed by atoms with Gasteiger partial charge in [0.15, 0.2) is 11.4 Å². The van der Waals surface area contributed by atoms with Gasteiger partial charge in [0.05, 0.1) is 17.2 Å². The molecule has 1 aliphatic carbocycles. The number of hydrogen-bond acceptors (Lipinski definition) is 5. The van der Waals surface area contributed by atoms with E-state index < -0.39 is 34.3 Å². The number of hydrogen-bond donors (Lipinski definition) is 2. The minimum Gasteiger partial charge on any atom is -0.503 e. The maximum atomic E-state index is 14.1. The number of carbonyl (C=O) groups is 2. The first-order valence-corrected chi connectivity index (χ1v) is 10.6. The third kappa shape index (κ3) is 3.45. The second kappa shape index (κ2) is 8.22. The number of fused-ring (bicyclic) bond motifs is 2. The second-order valence-electron chi connectivity index (χ2n) is 8.11. The van der Waals surface area contributed by atoms with Crippen LogP contribution in [-0.4, -0.2) is 53.2 Å². The van der Waals surface area contributed by atoms with Crippen LogP contribution in [0.4, 0.5) is 4.39 Å². The van der Waals surface area contributed by atoms with E-state index in [9.17, 15) is 23.9 Å². The Labute approximate surface area is 188 Å². The van der Waals surface area contributed by atoms with E-state index in [1.165, 1.54) is 18.3 Å². The standard InChI is InChI=1S/C22H23ClFN3O5/c1-3-26-11-22(7-13(22)10-32-2)27-9-14(18(28)19(29)17(27)21(26)31)20(30)25-8-12-5-4-6-15(23)16(12)24/h4-6,9,13,29H,3,7-8,10-11H2,1-2H3,(H,25,30)/t13-,22+/m0/s1. The number of likely N-dealkylation sites (N-methyl/N-ethyl adjacent to an activating group) is 1. The number of benzene rings is 1. The van der Waals surface area contributed by atoms with Crippen molar-refractivity contribution in [3.8, 4) is 5.75 Å². The Kier molecular flexibility index (Phi) is 5.72. The van der Waals surface area contributed by atoms with E-state index in [1.807, 2.05) is 6.92 Å². The average molecular weight is 464 g/mol. The molecule has 170 valence electrons. The number of nitrogens with one attached hydrogen (secondary N) is 1. The van der Waals surface area contributed by atoms with Crippen LogP contribution in [0, 0.1) is 11.7 Å². The van der Waals surface area contributed by atoms with Gasteiger partial charge in [0, 0.05) is 44.4 Å². The fourth-order valence-electron chi connectivity index (χ4n) is 4.43. The first kappa shape index (κ1) is 22.3. The Hall–Kier alpha value is -2.91. The maximum Gasteiger partial charge on any atom is 0.274 e. The van der Waals surface area contributed by atoms with Crippen LogP contribution in [0.3, 0.4) is 0 Å². The molecule has 2 N–H and O–H groups in total. The van der Waals surface area contributed by atoms with Gasteiger partial charge in [-0.05, 0) is 19.4 Å². The Morgan fingerprint density at radius 1 is 1.41 bits per heavy atom. The van der Waals surface area contributed by atoms with E-state index in [4.69, 9.17) is 16.3 Å². The van der Waals surface area contributed by atoms with Crippen LogP contribution in [0.5, 0.6) is 5.75 Å². The summed E-state index contributed by atoms with van der Waals surface area (Å²) in [5.74, 6) is -2.62. The lowest BCUT2D eigenvalue weighted by molar-refractivity contribution is 0.0622. The molecule has 0 unspecified atom stereocenters. The van der Waals surface area contributed by atoms with Crippen molar-refractivity contribution in [1.82, 2.24) is 14.8 Å². The van der Waals surface area contributed by atoms with Crippen molar-refractivity contribution >= 4 is 23.4 Å². The molecule has 2 heterocycles. The third-order valence-corrected chi connectivity index (χ3v) is 6.57. The van der Waals surface area contributed by atoms with Gasteiger partial charge in [0.2, 0.25) is 5.43 Å². The van der Waals surface area contributed by atoms with Crippen molar-refractivity contribution in [3.63, 3.8) is 0 Å². The molecule has 1 saturated carbocycles. The summed E-state index contributed by atoms with van der Waals surface area (Å²) in [5.41, 5.74) is -1.81. The molecule has 10 heteroatoms. The summed E-state index contributed by atoms with van der Waals surface area (Å²) in [7, 11) is 1.58. The predicted octanol–water partition coefficient (Wildman–Crippen LogP) is 2.11. The van der Waals surface area contributed by atoms with Crippen LogP contribution in [0.1, 0.15) is 39.8 Å². The molecule has 8 nitrogen and oxygen atoms in total. The van der Waals surface area contributed by atoms with Crippen LogP contribution in [0.25, 0.3) is 0 Å². The summed E-state index contributed by atoms with van der Waals surface area (Å²) >= 11 is 5.77. The van der Waals surface area contributed by atoms with Gasteiger partial charge in [-0.25, -0.2) is 4.39 Å². The molecule has 2 atom stereocenters. The molecule has 1 fully saturated rings. The number of rotatable bonds is 6. The monoisotopic (exact) mass is 463 g/mol. The van der Waals surface area contributed by atoms with Crippen LogP contribution in [0.2, 0.25) is 5.02 Å². The Morgan fingerprint density at radius 2 is 2.16 bits per heavy atom. The van der Waals surface area contributed by atoms with Crippen molar-refractivity contribution in [2.24, 2.45) is 5.92 Å². The smallest absolute Gasteiger partial charge is 0.274 e. The summed E-state index contributed by atoms with van der Waals surface area (Å²) < 4.78 is 20.9. The molecule has 1 aliphatic heterocycles. The molecule has 0 saturated heterocycles. The molecular formula is C22H23ClFN3O5. The summed E-state index contributed by atoms with van der Waals surface area (Å²) in [6.07, 6.45) is 2.00. The van der Waals surface area contributed by atoms with Gasteiger partial charge in [-0.3, -0.25) is 14.4 Å². The maximum absolute atomic E-state index is 14.1. The third-order valence-electron chi connectivity index (χ3n) is 6.28. The highest BCUT2D eigenvalue weighted by Gasteiger charge is 2.60. The predicted molar refractivity (Wildman–Crippen MR) is 114 cm³/mol. The van der Waals surface area contributed by atoms with Gasteiger partial charge in [-0.1, -0.05) is 23.7 Å². The zero-order valence-corrected chi connectivity index (χ0v) is 18.4. The molecule has 2 aliphatic rings. The molecule has 2 amide bonds. The molecule has 1 aromatic carbocycles. The first-order valence-electron chi connectivity index (χ1n) is 10.2. The van der Waals surface area contributed by atoms with Gasteiger partial charge in [-0.15, -0.1) is 0 Å². The lowest BCUT2D eigenvalue weighted by Crippen LogP contribution is -2.49. The van der Waals surface area contributed by atoms with Gasteiger partial charge >= 0.3 is 0 Å². The van der Waals surface area contributed by atoms with E-state index in [-0.39, 0.29) is 34.3 Å². The molecule has 4 rings (SSSR count). The van der Waals surface area contributed by atoms with Crippen LogP contribution < -0.4 is 10.7 Å². The number of aromatic hydroxyl groups is 1. The van der Waals surface area contributed by atoms with E-state index in [0.717, 1.165) is 0 Å². The number of ether oxygens (including phenoxy) is 1. The topological polar surface area (TPSA) is 101 Å². The fourth-order valence-corrected chi connectivity index (χ4v) is 4.62. The summed E-state index contributed by atoms with van der Waals surface area (Å²) in [4.78, 5) is 40.0. The number of amides is 2. The lowest BCUT2D eigenvalue weighted by atomic mass is 10.0. The minimum absolute atomic E-state index is 0.0618. The Balaban J connectivity index is 1.71. The fraction of sp³-hybridized carbons (Fsp3) is 0.409. The number of halogens is 2. The van der Waals surface area contributed by atoms with E-state index in [2.05, 4.69) is 5.32 Å². The average Bonchev–Trinajstić information content (AvgIpc) is 3.46. The van der Waals surface area contributed by atoms with Crippen LogP contribution >= 0.6 is 11.6 Å². The highest BCUT2D eigenvalue weighted by atomic mass is 35.5. The summed E-state index contributed by atoms with van der Waals surface area (Å²) in [6, 6.07) is 4.40. The molecule has 32 heavy (non-hydrogen) atoms. The van der Waals surface area contributed by atoms with Crippen molar-refractivity contribution in [3.05, 3.63) is 62.3 Å². The number of methoxy groups -OCH3 is 1. The quantitative estimate of drug-likeness (QED) is 0.683. The zero-order chi connectivity index (χ0) is 23.2. The zero-order valence-electron chi connectivity index (χ0n) is 17.7. The van der Waals surface area contributed by atoms with E-state index >= 15 is 0 Å². The lowest BCUT2D eigenvalue weighted by Gasteiger charge is -2.37. The number of nitrogens with zero attached hydrogens (tertiary/aromatic N) is 2. The molecule has 2 aromatic rings. The van der Waals surface area contributed by atoms with Gasteiger partial charge in [0.1, 0.15) is 11.4 Å². The normalized spacial score (nSPS) is 21.6. The second-order valence-corrected chi connectivity index (χ2v) is 8.52. The number of carbonyl (C=O) groups excluding carboxylic acids is 2. The number of pyridine rings is 1. The van der Waals surface area contributed by atoms with Crippen LogP contribution in [0.15, 0.2) is 29.2 Å². The highest BCUT2D eigenvalue weighted by Crippen LogP contribution is 2.54. The van der Waals surface area contributed by atoms with Crippen LogP contribution in [-0.2, 0) is 16.8 Å². The van der Waals surface area contributed by atoms with Gasteiger partial charge < -0.3 is 24.6 Å². The summed E-state index contributed by atoms with van der Waals surface area (Å²) in [5, 5.41) is 13.0. The SMILES string of the molecule is CCN1C[C@@]2(C[C@H]2COC)n2cc(C(=O)NCc3cccc(Cl)c3F)c(=O)c(O)c2C1=O. The van der Waals surface area contributed by atoms with Crippen molar-refractivity contribution < 1.29 is 23.8 Å². The molecule has 1 aromatic heterocycles. The molecule has 0 radical (unpaired) electrons. The Morgan fingerprint density at radius 3 is 2.84 bits per heavy atom. The molecule has 0 bridgehead atoms. The van der Waals surface area contributed by atoms with Crippen molar-refractivity contribution in [2.45, 2.75) is 25.4 Å². The van der Waals surface area contributed by atoms with E-state index in [0.29, 0.717) is 26.1 Å². The Bertz CT molecular complexity index is 1170. The minimum atomic E-state index is -0.953. The van der Waals surface area contributed by atoms with E-state index in [1.54, 1.807) is 22.6 Å². The number of aromatic nitrogens is 1. The highest BCUT2D eigenvalue weighted by molar-refractivity contribution is 6.30. The van der Waals surface area contributed by atoms with Crippen molar-refractivity contribution in [1.29, 1.82) is 0 Å². The van der Waals surface area contributed by atoms with Gasteiger partial charge in [-0.2, -0.15) is 0 Å². The van der Waals surface area contributed by atoms with Crippen molar-refractivity contribution in [2.75, 3.05) is 26.8 Å². The molecule has 1 spiro atoms. The van der Waals surface area contributed by atoms with Gasteiger partial charge in [0.25, 0.3) is 11.8 Å². The first-order chi connectivity index (χ1) is 15.2.